The van der Waals surface area contributed by atoms with Gasteiger partial charge < -0.3 is 9.55 Å². The van der Waals surface area contributed by atoms with Crippen LogP contribution in [0.2, 0.25) is 5.02 Å². The summed E-state index contributed by atoms with van der Waals surface area (Å²) in [6.45, 7) is 0. The molecule has 0 radical (unpaired) electrons. The Balaban J connectivity index is 2.32. The molecule has 0 spiro atoms. The maximum atomic E-state index is 6.12. The molecule has 1 N–H and O–H groups in total. The molecule has 0 saturated heterocycles. The minimum atomic E-state index is 0.574. The van der Waals surface area contributed by atoms with Gasteiger partial charge in [-0.2, -0.15) is 0 Å². The van der Waals surface area contributed by atoms with Crippen LogP contribution in [-0.2, 0) is 0 Å². The van der Waals surface area contributed by atoms with E-state index in [2.05, 4.69) is 15.6 Å². The number of hydrogen-bond donors (Lipinski definition) is 1. The highest BCUT2D eigenvalue weighted by molar-refractivity contribution is 7.71. The normalized spacial score (nSPS) is 16.9. The summed E-state index contributed by atoms with van der Waals surface area (Å²) in [5.74, 6) is 0. The van der Waals surface area contributed by atoms with Crippen LogP contribution < -0.4 is 0 Å². The molecule has 3 rings (SSSR count). The molecule has 2 nitrogen and oxygen atoms in total. The first-order valence-electron chi connectivity index (χ1n) is 5.16. The Hall–Kier alpha value is -0.800. The van der Waals surface area contributed by atoms with E-state index in [0.717, 1.165) is 20.8 Å². The van der Waals surface area contributed by atoms with Gasteiger partial charge in [0, 0.05) is 6.04 Å². The van der Waals surface area contributed by atoms with E-state index in [4.69, 9.17) is 23.8 Å². The molecular formula is C11H11ClN2S. The van der Waals surface area contributed by atoms with E-state index < -0.39 is 0 Å². The van der Waals surface area contributed by atoms with Crippen molar-refractivity contribution in [1.29, 1.82) is 0 Å². The molecule has 0 amide bonds. The predicted octanol–water partition coefficient (Wildman–Crippen LogP) is 4.08. The molecule has 1 heterocycles. The zero-order chi connectivity index (χ0) is 10.4. The van der Waals surface area contributed by atoms with Gasteiger partial charge in [-0.3, -0.25) is 0 Å². The molecule has 78 valence electrons. The van der Waals surface area contributed by atoms with E-state index in [1.807, 2.05) is 12.1 Å². The highest BCUT2D eigenvalue weighted by Gasteiger charge is 2.22. The third kappa shape index (κ3) is 1.34. The van der Waals surface area contributed by atoms with Gasteiger partial charge in [0.25, 0.3) is 0 Å². The first-order valence-corrected chi connectivity index (χ1v) is 5.95. The fourth-order valence-corrected chi connectivity index (χ4v) is 2.69. The number of benzene rings is 1. The van der Waals surface area contributed by atoms with Gasteiger partial charge >= 0.3 is 0 Å². The molecule has 0 bridgehead atoms. The minimum Gasteiger partial charge on any atom is -0.329 e. The fraction of sp³-hybridized carbons (Fsp3) is 0.364. The third-order valence-electron chi connectivity index (χ3n) is 3.14. The van der Waals surface area contributed by atoms with E-state index in [1.54, 1.807) is 0 Å². The molecule has 15 heavy (non-hydrogen) atoms. The van der Waals surface area contributed by atoms with Gasteiger partial charge in [-0.1, -0.05) is 17.7 Å². The standard InChI is InChI=1S/C11H11ClN2S/c12-8-5-2-6-9-10(8)13-11(15)14(9)7-3-1-4-7/h2,5-7H,1,3-4H2,(H,13,15). The molecule has 1 fully saturated rings. The predicted molar refractivity (Wildman–Crippen MR) is 65.0 cm³/mol. The highest BCUT2D eigenvalue weighted by Crippen LogP contribution is 2.35. The fourth-order valence-electron chi connectivity index (χ4n) is 2.12. The Kier molecular flexibility index (Phi) is 2.11. The van der Waals surface area contributed by atoms with Gasteiger partial charge in [0.05, 0.1) is 16.1 Å². The molecule has 2 aromatic rings. The van der Waals surface area contributed by atoms with E-state index in [0.29, 0.717) is 6.04 Å². The van der Waals surface area contributed by atoms with Gasteiger partial charge in [0.1, 0.15) is 0 Å². The van der Waals surface area contributed by atoms with Crippen molar-refractivity contribution in [3.8, 4) is 0 Å². The van der Waals surface area contributed by atoms with Gasteiger partial charge in [-0.05, 0) is 43.6 Å². The summed E-state index contributed by atoms with van der Waals surface area (Å²) >= 11 is 11.5. The lowest BCUT2D eigenvalue weighted by molar-refractivity contribution is 0.318. The van der Waals surface area contributed by atoms with Crippen LogP contribution in [0.1, 0.15) is 25.3 Å². The van der Waals surface area contributed by atoms with Crippen LogP contribution in [-0.4, -0.2) is 9.55 Å². The summed E-state index contributed by atoms with van der Waals surface area (Å²) in [6, 6.07) is 6.51. The van der Waals surface area contributed by atoms with Crippen LogP contribution in [0.3, 0.4) is 0 Å². The van der Waals surface area contributed by atoms with E-state index in [-0.39, 0.29) is 0 Å². The van der Waals surface area contributed by atoms with E-state index in [9.17, 15) is 0 Å². The number of halogens is 1. The second-order valence-electron chi connectivity index (χ2n) is 4.02. The van der Waals surface area contributed by atoms with Crippen molar-refractivity contribution in [3.63, 3.8) is 0 Å². The van der Waals surface area contributed by atoms with Crippen molar-refractivity contribution in [2.75, 3.05) is 0 Å². The molecule has 4 heteroatoms. The second-order valence-corrected chi connectivity index (χ2v) is 4.81. The average Bonchev–Trinajstić information content (AvgIpc) is 2.44. The van der Waals surface area contributed by atoms with Crippen molar-refractivity contribution in [2.45, 2.75) is 25.3 Å². The van der Waals surface area contributed by atoms with Crippen molar-refractivity contribution < 1.29 is 0 Å². The van der Waals surface area contributed by atoms with Gasteiger partial charge in [0.2, 0.25) is 0 Å². The number of aromatic nitrogens is 2. The van der Waals surface area contributed by atoms with Crippen LogP contribution in [0, 0.1) is 4.77 Å². The van der Waals surface area contributed by atoms with Crippen LogP contribution in [0.5, 0.6) is 0 Å². The van der Waals surface area contributed by atoms with Crippen LogP contribution in [0.4, 0.5) is 0 Å². The van der Waals surface area contributed by atoms with Crippen molar-refractivity contribution in [1.82, 2.24) is 9.55 Å². The Morgan fingerprint density at radius 3 is 2.87 bits per heavy atom. The third-order valence-corrected chi connectivity index (χ3v) is 3.76. The smallest absolute Gasteiger partial charge is 0.178 e. The molecule has 1 saturated carbocycles. The van der Waals surface area contributed by atoms with E-state index >= 15 is 0 Å². The van der Waals surface area contributed by atoms with Gasteiger partial charge in [-0.25, -0.2) is 0 Å². The van der Waals surface area contributed by atoms with E-state index in [1.165, 1.54) is 19.3 Å². The monoisotopic (exact) mass is 238 g/mol. The number of fused-ring (bicyclic) bond motifs is 1. The highest BCUT2D eigenvalue weighted by atomic mass is 35.5. The molecule has 0 unspecified atom stereocenters. The number of rotatable bonds is 1. The largest absolute Gasteiger partial charge is 0.329 e. The summed E-state index contributed by atoms with van der Waals surface area (Å²) in [4.78, 5) is 3.19. The molecule has 0 aliphatic heterocycles. The number of hydrogen-bond acceptors (Lipinski definition) is 1. The van der Waals surface area contributed by atoms with Crippen LogP contribution >= 0.6 is 23.8 Å². The summed E-state index contributed by atoms with van der Waals surface area (Å²) < 4.78 is 3.00. The Morgan fingerprint density at radius 2 is 2.20 bits per heavy atom. The molecular weight excluding hydrogens is 228 g/mol. The Labute approximate surface area is 97.9 Å². The number of para-hydroxylation sites is 1. The molecule has 1 aromatic carbocycles. The second kappa shape index (κ2) is 3.35. The number of H-pyrrole nitrogens is 1. The lowest BCUT2D eigenvalue weighted by atomic mass is 9.93. The van der Waals surface area contributed by atoms with Gasteiger partial charge in [-0.15, -0.1) is 0 Å². The lowest BCUT2D eigenvalue weighted by Gasteiger charge is -2.27. The summed E-state index contributed by atoms with van der Waals surface area (Å²) in [5, 5.41) is 0.747. The number of aromatic amines is 1. The van der Waals surface area contributed by atoms with Crippen molar-refractivity contribution in [2.24, 2.45) is 0 Å². The summed E-state index contributed by atoms with van der Waals surface area (Å²) in [6.07, 6.45) is 3.77. The molecule has 1 aliphatic rings. The minimum absolute atomic E-state index is 0.574. The average molecular weight is 239 g/mol. The lowest BCUT2D eigenvalue weighted by Crippen LogP contribution is -2.16. The first-order chi connectivity index (χ1) is 7.27. The maximum absolute atomic E-state index is 6.12. The summed E-state index contributed by atoms with van der Waals surface area (Å²) in [5.41, 5.74) is 2.10. The summed E-state index contributed by atoms with van der Waals surface area (Å²) in [7, 11) is 0. The van der Waals surface area contributed by atoms with Gasteiger partial charge in [0.15, 0.2) is 4.77 Å². The SMILES string of the molecule is S=c1[nH]c2c(Cl)cccc2n1C1CCC1. The topological polar surface area (TPSA) is 20.7 Å². The van der Waals surface area contributed by atoms with Crippen molar-refractivity contribution in [3.05, 3.63) is 28.0 Å². The van der Waals surface area contributed by atoms with Crippen LogP contribution in [0.25, 0.3) is 11.0 Å². The van der Waals surface area contributed by atoms with Crippen LogP contribution in [0.15, 0.2) is 18.2 Å². The molecule has 0 atom stereocenters. The maximum Gasteiger partial charge on any atom is 0.178 e. The number of nitrogens with one attached hydrogen (secondary N) is 1. The molecule has 1 aliphatic carbocycles. The Bertz CT molecular complexity index is 565. The van der Waals surface area contributed by atoms with Crippen molar-refractivity contribution >= 4 is 34.9 Å². The number of nitrogens with zero attached hydrogens (tertiary/aromatic N) is 1. The zero-order valence-corrected chi connectivity index (χ0v) is 9.74. The quantitative estimate of drug-likeness (QED) is 0.743. The Morgan fingerprint density at radius 1 is 1.40 bits per heavy atom. The first kappa shape index (κ1) is 9.43. The molecule has 1 aromatic heterocycles. The zero-order valence-electron chi connectivity index (χ0n) is 8.16. The number of imidazole rings is 1.